The van der Waals surface area contributed by atoms with E-state index in [1.807, 2.05) is 79.7 Å². The molecular weight excluding hydrogens is 488 g/mol. The summed E-state index contributed by atoms with van der Waals surface area (Å²) in [5.41, 5.74) is 3.35. The van der Waals surface area contributed by atoms with Gasteiger partial charge in [-0.3, -0.25) is 24.5 Å². The number of hydrogen-bond acceptors (Lipinski definition) is 6. The molecular formula is C28H26N4O4S. The van der Waals surface area contributed by atoms with Crippen molar-refractivity contribution in [3.63, 3.8) is 0 Å². The van der Waals surface area contributed by atoms with Crippen LogP contribution < -0.4 is 0 Å². The minimum absolute atomic E-state index is 0.278. The summed E-state index contributed by atoms with van der Waals surface area (Å²) in [4.78, 5) is 26.2. The Kier molecular flexibility index (Phi) is 9.51. The van der Waals surface area contributed by atoms with E-state index in [1.165, 1.54) is 17.7 Å². The molecule has 0 amide bonds. The largest absolute Gasteiger partial charge is 0.299 e. The van der Waals surface area contributed by atoms with Gasteiger partial charge in [0.2, 0.25) is 0 Å². The summed E-state index contributed by atoms with van der Waals surface area (Å²) < 4.78 is 1.71. The molecule has 0 bridgehead atoms. The number of nitro groups is 2. The van der Waals surface area contributed by atoms with Crippen LogP contribution in [-0.4, -0.2) is 27.0 Å². The summed E-state index contributed by atoms with van der Waals surface area (Å²) in [5.74, 6) is 0.595. The number of benzene rings is 4. The SMILES string of the molecule is Cc1ccc(N=C(c2ccccc2)N(C)Sc2ccc([N+](=O)[O-])cc2[N+](=O)[O-])cc1.Cc1ccccc1. The average molecular weight is 515 g/mol. The van der Waals surface area contributed by atoms with E-state index in [9.17, 15) is 20.2 Å². The maximum Gasteiger partial charge on any atom is 0.291 e. The second-order valence-electron chi connectivity index (χ2n) is 8.05. The van der Waals surface area contributed by atoms with E-state index in [1.54, 1.807) is 11.4 Å². The molecule has 9 heteroatoms. The third kappa shape index (κ3) is 8.01. The lowest BCUT2D eigenvalue weighted by atomic mass is 10.2. The molecule has 37 heavy (non-hydrogen) atoms. The minimum Gasteiger partial charge on any atom is -0.299 e. The van der Waals surface area contributed by atoms with Crippen LogP contribution in [0.5, 0.6) is 0 Å². The van der Waals surface area contributed by atoms with E-state index >= 15 is 0 Å². The predicted octanol–water partition coefficient (Wildman–Crippen LogP) is 7.52. The molecule has 4 aromatic carbocycles. The summed E-state index contributed by atoms with van der Waals surface area (Å²) in [6.07, 6.45) is 0. The average Bonchev–Trinajstić information content (AvgIpc) is 2.89. The van der Waals surface area contributed by atoms with Crippen molar-refractivity contribution in [1.82, 2.24) is 4.31 Å². The van der Waals surface area contributed by atoms with Gasteiger partial charge < -0.3 is 0 Å². The smallest absolute Gasteiger partial charge is 0.291 e. The van der Waals surface area contributed by atoms with Crippen LogP contribution in [0.25, 0.3) is 0 Å². The Labute approximate surface area is 219 Å². The molecule has 0 saturated heterocycles. The first-order valence-electron chi connectivity index (χ1n) is 11.3. The molecule has 0 unspecified atom stereocenters. The predicted molar refractivity (Wildman–Crippen MR) is 148 cm³/mol. The van der Waals surface area contributed by atoms with Gasteiger partial charge in [0, 0.05) is 18.7 Å². The Hall–Kier alpha value is -4.50. The van der Waals surface area contributed by atoms with Gasteiger partial charge in [0.25, 0.3) is 11.4 Å². The van der Waals surface area contributed by atoms with Crippen LogP contribution in [0.4, 0.5) is 17.1 Å². The van der Waals surface area contributed by atoms with Crippen LogP contribution in [0.2, 0.25) is 0 Å². The van der Waals surface area contributed by atoms with Gasteiger partial charge in [-0.05, 0) is 44.0 Å². The first kappa shape index (κ1) is 27.1. The normalized spacial score (nSPS) is 10.7. The molecule has 0 aliphatic carbocycles. The number of aliphatic imine (C=N–C) groups is 1. The fourth-order valence-corrected chi connectivity index (χ4v) is 4.09. The number of non-ortho nitro benzene ring substituents is 1. The van der Waals surface area contributed by atoms with Crippen molar-refractivity contribution >= 4 is 34.8 Å². The molecule has 0 aliphatic heterocycles. The summed E-state index contributed by atoms with van der Waals surface area (Å²) in [5, 5.41) is 22.4. The lowest BCUT2D eigenvalue weighted by molar-refractivity contribution is -0.396. The highest BCUT2D eigenvalue weighted by molar-refractivity contribution is 7.97. The first-order valence-corrected chi connectivity index (χ1v) is 12.1. The lowest BCUT2D eigenvalue weighted by Crippen LogP contribution is -2.20. The van der Waals surface area contributed by atoms with Crippen molar-refractivity contribution in [3.05, 3.63) is 140 Å². The number of nitrogens with zero attached hydrogens (tertiary/aromatic N) is 4. The van der Waals surface area contributed by atoms with E-state index in [0.29, 0.717) is 5.84 Å². The van der Waals surface area contributed by atoms with Crippen LogP contribution in [-0.2, 0) is 0 Å². The van der Waals surface area contributed by atoms with Crippen LogP contribution in [0.1, 0.15) is 16.7 Å². The zero-order chi connectivity index (χ0) is 26.8. The Morgan fingerprint density at radius 3 is 1.84 bits per heavy atom. The summed E-state index contributed by atoms with van der Waals surface area (Å²) in [6.45, 7) is 4.07. The van der Waals surface area contributed by atoms with Crippen molar-refractivity contribution < 1.29 is 9.85 Å². The van der Waals surface area contributed by atoms with Crippen molar-refractivity contribution in [2.45, 2.75) is 18.7 Å². The van der Waals surface area contributed by atoms with Crippen molar-refractivity contribution in [2.24, 2.45) is 4.99 Å². The first-order chi connectivity index (χ1) is 17.7. The highest BCUT2D eigenvalue weighted by atomic mass is 32.2. The van der Waals surface area contributed by atoms with Gasteiger partial charge in [0.15, 0.2) is 0 Å². The second-order valence-corrected chi connectivity index (χ2v) is 9.22. The van der Waals surface area contributed by atoms with Gasteiger partial charge in [-0.2, -0.15) is 0 Å². The Balaban J connectivity index is 0.000000468. The van der Waals surface area contributed by atoms with Gasteiger partial charge in [-0.25, -0.2) is 4.99 Å². The zero-order valence-corrected chi connectivity index (χ0v) is 21.5. The number of amidine groups is 1. The molecule has 0 radical (unpaired) electrons. The number of aryl methyl sites for hydroxylation is 2. The van der Waals surface area contributed by atoms with E-state index < -0.39 is 9.85 Å². The molecule has 0 spiro atoms. The minimum atomic E-state index is -0.653. The maximum atomic E-state index is 11.5. The van der Waals surface area contributed by atoms with Crippen LogP contribution in [0, 0.1) is 34.1 Å². The summed E-state index contributed by atoms with van der Waals surface area (Å²) in [7, 11) is 1.75. The van der Waals surface area contributed by atoms with Crippen molar-refractivity contribution in [3.8, 4) is 0 Å². The molecule has 0 atom stereocenters. The van der Waals surface area contributed by atoms with E-state index in [0.717, 1.165) is 34.8 Å². The summed E-state index contributed by atoms with van der Waals surface area (Å²) >= 11 is 1.08. The fourth-order valence-electron chi connectivity index (χ4n) is 3.21. The van der Waals surface area contributed by atoms with Gasteiger partial charge >= 0.3 is 0 Å². The maximum absolute atomic E-state index is 11.5. The quantitative estimate of drug-likeness (QED) is 0.0866. The van der Waals surface area contributed by atoms with Crippen molar-refractivity contribution in [2.75, 3.05) is 7.05 Å². The van der Waals surface area contributed by atoms with Gasteiger partial charge in [-0.15, -0.1) is 0 Å². The van der Waals surface area contributed by atoms with Crippen LogP contribution in [0.15, 0.2) is 113 Å². The van der Waals surface area contributed by atoms with Crippen LogP contribution in [0.3, 0.4) is 0 Å². The highest BCUT2D eigenvalue weighted by Gasteiger charge is 2.22. The molecule has 0 fully saturated rings. The summed E-state index contributed by atoms with van der Waals surface area (Å²) in [6, 6.07) is 31.0. The molecule has 4 rings (SSSR count). The van der Waals surface area contributed by atoms with E-state index in [-0.39, 0.29) is 16.3 Å². The topological polar surface area (TPSA) is 102 Å². The standard InChI is InChI=1S/C21H18N4O4S.C7H8/c1-15-8-10-17(11-9-15)22-21(16-6-4-3-5-7-16)23(2)30-20-13-12-18(24(26)27)14-19(20)25(28)29;1-7-5-3-2-4-6-7/h3-14H,1-2H3;2-6H,1H3. The Morgan fingerprint density at radius 2 is 1.32 bits per heavy atom. The van der Waals surface area contributed by atoms with Crippen molar-refractivity contribution in [1.29, 1.82) is 0 Å². The van der Waals surface area contributed by atoms with E-state index in [4.69, 9.17) is 4.99 Å². The molecule has 8 nitrogen and oxygen atoms in total. The third-order valence-corrected chi connectivity index (χ3v) is 6.11. The zero-order valence-electron chi connectivity index (χ0n) is 20.6. The molecule has 0 heterocycles. The number of rotatable bonds is 6. The Bertz CT molecular complexity index is 1380. The van der Waals surface area contributed by atoms with Gasteiger partial charge in [0.1, 0.15) is 10.7 Å². The number of hydrogen-bond donors (Lipinski definition) is 0. The molecule has 0 saturated carbocycles. The van der Waals surface area contributed by atoms with Gasteiger partial charge in [0.05, 0.1) is 21.6 Å². The fraction of sp³-hybridized carbons (Fsp3) is 0.107. The molecule has 0 N–H and O–H groups in total. The molecule has 0 aromatic heterocycles. The van der Waals surface area contributed by atoms with Gasteiger partial charge in [-0.1, -0.05) is 83.9 Å². The van der Waals surface area contributed by atoms with Crippen LogP contribution >= 0.6 is 11.9 Å². The second kappa shape index (κ2) is 13.0. The molecule has 188 valence electrons. The molecule has 0 aliphatic rings. The highest BCUT2D eigenvalue weighted by Crippen LogP contribution is 2.35. The molecule has 4 aromatic rings. The number of nitro benzene ring substituents is 2. The lowest BCUT2D eigenvalue weighted by Gasteiger charge is -2.20. The Morgan fingerprint density at radius 1 is 0.757 bits per heavy atom. The monoisotopic (exact) mass is 514 g/mol. The third-order valence-electron chi connectivity index (χ3n) is 5.13. The van der Waals surface area contributed by atoms with E-state index in [2.05, 4.69) is 19.1 Å².